The van der Waals surface area contributed by atoms with Gasteiger partial charge >= 0.3 is 0 Å². The molecule has 0 amide bonds. The van der Waals surface area contributed by atoms with Gasteiger partial charge < -0.3 is 9.64 Å². The van der Waals surface area contributed by atoms with E-state index in [1.54, 1.807) is 6.07 Å². The highest BCUT2D eigenvalue weighted by Gasteiger charge is 2.40. The number of hydrogen-bond donors (Lipinski definition) is 1. The van der Waals surface area contributed by atoms with Gasteiger partial charge in [0.15, 0.2) is 0 Å². The first-order valence-electron chi connectivity index (χ1n) is 9.41. The predicted molar refractivity (Wildman–Crippen MR) is 105 cm³/mol. The van der Waals surface area contributed by atoms with Crippen LogP contribution < -0.4 is 10.5 Å². The van der Waals surface area contributed by atoms with Gasteiger partial charge in [0.2, 0.25) is 5.95 Å². The Hall–Kier alpha value is -2.70. The lowest BCUT2D eigenvalue weighted by atomic mass is 10.1. The van der Waals surface area contributed by atoms with E-state index >= 15 is 0 Å². The molecule has 0 spiro atoms. The number of fused-ring (bicyclic) bond motifs is 2. The molecule has 6 heteroatoms. The number of para-hydroxylation sites is 1. The van der Waals surface area contributed by atoms with E-state index in [1.165, 1.54) is 5.56 Å². The van der Waals surface area contributed by atoms with E-state index in [9.17, 15) is 4.79 Å². The minimum atomic E-state index is -0.0902. The Labute approximate surface area is 157 Å². The number of ether oxygens (including phenoxy) is 1. The Morgan fingerprint density at radius 1 is 1.07 bits per heavy atom. The second-order valence-corrected chi connectivity index (χ2v) is 7.24. The maximum Gasteiger partial charge on any atom is 0.260 e. The van der Waals surface area contributed by atoms with Gasteiger partial charge in [-0.15, -0.1) is 0 Å². The summed E-state index contributed by atoms with van der Waals surface area (Å²) in [7, 11) is 0. The Kier molecular flexibility index (Phi) is 4.14. The second-order valence-electron chi connectivity index (χ2n) is 7.24. The molecular formula is C21H22N4O2. The molecule has 2 unspecified atom stereocenters. The molecular weight excluding hydrogens is 340 g/mol. The maximum absolute atomic E-state index is 12.4. The molecule has 1 aromatic heterocycles. The van der Waals surface area contributed by atoms with Gasteiger partial charge in [0, 0.05) is 26.2 Å². The number of morpholine rings is 1. The number of benzene rings is 2. The van der Waals surface area contributed by atoms with Crippen molar-refractivity contribution in [2.75, 3.05) is 31.1 Å². The molecule has 0 saturated carbocycles. The van der Waals surface area contributed by atoms with Gasteiger partial charge in [-0.3, -0.25) is 14.7 Å². The Balaban J connectivity index is 1.40. The third-order valence-electron chi connectivity index (χ3n) is 5.54. The molecule has 1 N–H and O–H groups in total. The van der Waals surface area contributed by atoms with Crippen LogP contribution in [0.25, 0.3) is 10.9 Å². The highest BCUT2D eigenvalue weighted by Crippen LogP contribution is 2.27. The molecule has 0 radical (unpaired) electrons. The lowest BCUT2D eigenvalue weighted by Gasteiger charge is -2.36. The molecule has 3 heterocycles. The average molecular weight is 362 g/mol. The standard InChI is InChI=1S/C21H22N4O2/c26-20-16-8-4-5-9-17(16)22-21(23-20)25-13-18-19(14-25)27-11-10-24(18)12-15-6-2-1-3-7-15/h1-9,18-19H,10-14H2,(H,22,23,26). The van der Waals surface area contributed by atoms with Crippen LogP contribution in [0.15, 0.2) is 59.4 Å². The maximum atomic E-state index is 12.4. The lowest BCUT2D eigenvalue weighted by molar-refractivity contribution is -0.0499. The van der Waals surface area contributed by atoms with E-state index in [-0.39, 0.29) is 11.7 Å². The molecule has 2 aliphatic heterocycles. The first-order chi connectivity index (χ1) is 13.3. The molecule has 5 rings (SSSR count). The minimum absolute atomic E-state index is 0.0902. The van der Waals surface area contributed by atoms with E-state index in [1.807, 2.05) is 24.3 Å². The summed E-state index contributed by atoms with van der Waals surface area (Å²) < 4.78 is 6.04. The van der Waals surface area contributed by atoms with Crippen LogP contribution >= 0.6 is 0 Å². The summed E-state index contributed by atoms with van der Waals surface area (Å²) in [6, 6.07) is 18.3. The Bertz CT molecular complexity index is 1000. The van der Waals surface area contributed by atoms with Gasteiger partial charge in [0.05, 0.1) is 29.7 Å². The summed E-state index contributed by atoms with van der Waals surface area (Å²) in [4.78, 5) is 24.7. The topological polar surface area (TPSA) is 61.5 Å². The average Bonchev–Trinajstić information content (AvgIpc) is 3.14. The first kappa shape index (κ1) is 16.5. The van der Waals surface area contributed by atoms with Crippen molar-refractivity contribution in [2.24, 2.45) is 0 Å². The number of rotatable bonds is 3. The number of hydrogen-bond acceptors (Lipinski definition) is 5. The van der Waals surface area contributed by atoms with Crippen molar-refractivity contribution in [3.63, 3.8) is 0 Å². The van der Waals surface area contributed by atoms with E-state index in [0.29, 0.717) is 17.4 Å². The smallest absolute Gasteiger partial charge is 0.260 e. The Morgan fingerprint density at radius 2 is 1.89 bits per heavy atom. The summed E-state index contributed by atoms with van der Waals surface area (Å²) in [6.45, 7) is 4.13. The van der Waals surface area contributed by atoms with Crippen LogP contribution in [-0.4, -0.2) is 53.3 Å². The van der Waals surface area contributed by atoms with Crippen molar-refractivity contribution in [3.8, 4) is 0 Å². The van der Waals surface area contributed by atoms with Gasteiger partial charge in [-0.25, -0.2) is 4.98 Å². The quantitative estimate of drug-likeness (QED) is 0.772. The molecule has 138 valence electrons. The highest BCUT2D eigenvalue weighted by molar-refractivity contribution is 5.78. The molecule has 0 bridgehead atoms. The van der Waals surface area contributed by atoms with Crippen LogP contribution in [-0.2, 0) is 11.3 Å². The molecule has 6 nitrogen and oxygen atoms in total. The molecule has 2 aliphatic rings. The van der Waals surface area contributed by atoms with Crippen molar-refractivity contribution in [2.45, 2.75) is 18.7 Å². The van der Waals surface area contributed by atoms with Gasteiger partial charge in [-0.05, 0) is 17.7 Å². The highest BCUT2D eigenvalue weighted by atomic mass is 16.5. The molecule has 2 saturated heterocycles. The number of nitrogens with one attached hydrogen (secondary N) is 1. The van der Waals surface area contributed by atoms with E-state index < -0.39 is 0 Å². The molecule has 2 atom stereocenters. The normalized spacial score (nSPS) is 22.9. The van der Waals surface area contributed by atoms with Gasteiger partial charge in [0.1, 0.15) is 0 Å². The zero-order valence-electron chi connectivity index (χ0n) is 15.0. The summed E-state index contributed by atoms with van der Waals surface area (Å²) in [5.74, 6) is 0.636. The third-order valence-corrected chi connectivity index (χ3v) is 5.54. The van der Waals surface area contributed by atoms with Crippen molar-refractivity contribution >= 4 is 16.9 Å². The lowest BCUT2D eigenvalue weighted by Crippen LogP contribution is -2.50. The molecule has 2 aromatic carbocycles. The van der Waals surface area contributed by atoms with E-state index in [0.717, 1.165) is 38.3 Å². The summed E-state index contributed by atoms with van der Waals surface area (Å²) >= 11 is 0. The van der Waals surface area contributed by atoms with E-state index in [2.05, 4.69) is 44.0 Å². The number of anilines is 1. The van der Waals surface area contributed by atoms with Crippen LogP contribution in [0.4, 0.5) is 5.95 Å². The summed E-state index contributed by atoms with van der Waals surface area (Å²) in [5.41, 5.74) is 1.95. The molecule has 27 heavy (non-hydrogen) atoms. The van der Waals surface area contributed by atoms with Crippen LogP contribution in [0.2, 0.25) is 0 Å². The number of H-pyrrole nitrogens is 1. The molecule has 0 aliphatic carbocycles. The SMILES string of the molecule is O=c1[nH]c(N2CC3OCCN(Cc4ccccc4)C3C2)nc2ccccc12. The van der Waals surface area contributed by atoms with Gasteiger partial charge in [-0.2, -0.15) is 0 Å². The summed E-state index contributed by atoms with van der Waals surface area (Å²) in [6.07, 6.45) is 0.138. The van der Waals surface area contributed by atoms with Gasteiger partial charge in [0.25, 0.3) is 5.56 Å². The monoisotopic (exact) mass is 362 g/mol. The Morgan fingerprint density at radius 3 is 2.78 bits per heavy atom. The second kappa shape index (κ2) is 6.79. The fourth-order valence-electron chi connectivity index (χ4n) is 4.17. The van der Waals surface area contributed by atoms with Gasteiger partial charge in [-0.1, -0.05) is 42.5 Å². The van der Waals surface area contributed by atoms with Crippen LogP contribution in [0.1, 0.15) is 5.56 Å². The number of aromatic nitrogens is 2. The minimum Gasteiger partial charge on any atom is -0.373 e. The number of aromatic amines is 1. The van der Waals surface area contributed by atoms with E-state index in [4.69, 9.17) is 4.74 Å². The van der Waals surface area contributed by atoms with Crippen molar-refractivity contribution in [1.29, 1.82) is 0 Å². The molecule has 2 fully saturated rings. The summed E-state index contributed by atoms with van der Waals surface area (Å²) in [5, 5.41) is 0.625. The fourth-order valence-corrected chi connectivity index (χ4v) is 4.17. The largest absolute Gasteiger partial charge is 0.373 e. The van der Waals surface area contributed by atoms with Crippen LogP contribution in [0.5, 0.6) is 0 Å². The van der Waals surface area contributed by atoms with Crippen LogP contribution in [0, 0.1) is 0 Å². The van der Waals surface area contributed by atoms with Crippen LogP contribution in [0.3, 0.4) is 0 Å². The number of nitrogens with zero attached hydrogens (tertiary/aromatic N) is 3. The molecule has 3 aromatic rings. The third kappa shape index (κ3) is 3.11. The van der Waals surface area contributed by atoms with Crippen molar-refractivity contribution in [1.82, 2.24) is 14.9 Å². The van der Waals surface area contributed by atoms with Crippen molar-refractivity contribution < 1.29 is 4.74 Å². The fraction of sp³-hybridized carbons (Fsp3) is 0.333. The predicted octanol–water partition coefficient (Wildman–Crippen LogP) is 2.01. The van der Waals surface area contributed by atoms with Crippen molar-refractivity contribution in [3.05, 3.63) is 70.5 Å². The zero-order valence-corrected chi connectivity index (χ0v) is 15.0. The zero-order chi connectivity index (χ0) is 18.2. The first-order valence-corrected chi connectivity index (χ1v) is 9.41.